The van der Waals surface area contributed by atoms with Crippen molar-refractivity contribution in [2.75, 3.05) is 25.0 Å². The molecule has 2 fully saturated rings. The van der Waals surface area contributed by atoms with Gasteiger partial charge in [0, 0.05) is 31.4 Å². The van der Waals surface area contributed by atoms with E-state index in [-0.39, 0.29) is 23.7 Å². The number of rotatable bonds is 3. The number of benzene rings is 2. The largest absolute Gasteiger partial charge is 0.342 e. The first kappa shape index (κ1) is 16.1. The zero-order valence-electron chi connectivity index (χ0n) is 14.6. The molecule has 1 aliphatic heterocycles. The molecule has 0 spiro atoms. The molecule has 1 heterocycles. The second-order valence-corrected chi connectivity index (χ2v) is 7.29. The minimum atomic E-state index is -0.0968. The van der Waals surface area contributed by atoms with Gasteiger partial charge in [-0.05, 0) is 37.1 Å². The summed E-state index contributed by atoms with van der Waals surface area (Å²) in [6, 6.07) is 14.2. The normalized spacial score (nSPS) is 20.5. The van der Waals surface area contributed by atoms with E-state index in [1.54, 1.807) is 4.90 Å². The lowest BCUT2D eigenvalue weighted by Gasteiger charge is -2.34. The Bertz CT molecular complexity index is 807. The quantitative estimate of drug-likeness (QED) is 0.861. The number of likely N-dealkylation sites (tertiary alicyclic amines) is 1. The van der Waals surface area contributed by atoms with Crippen LogP contribution in [0, 0.1) is 11.8 Å². The van der Waals surface area contributed by atoms with Gasteiger partial charge >= 0.3 is 0 Å². The Kier molecular flexibility index (Phi) is 4.20. The van der Waals surface area contributed by atoms with E-state index < -0.39 is 0 Å². The van der Waals surface area contributed by atoms with Gasteiger partial charge in [-0.3, -0.25) is 9.59 Å². The molecular weight excluding hydrogens is 312 g/mol. The van der Waals surface area contributed by atoms with Gasteiger partial charge < -0.3 is 9.80 Å². The molecule has 1 unspecified atom stereocenters. The second kappa shape index (κ2) is 6.51. The van der Waals surface area contributed by atoms with Crippen molar-refractivity contribution in [3.63, 3.8) is 0 Å². The summed E-state index contributed by atoms with van der Waals surface area (Å²) >= 11 is 0. The molecule has 0 radical (unpaired) electrons. The van der Waals surface area contributed by atoms with Gasteiger partial charge in [0.1, 0.15) is 0 Å². The highest BCUT2D eigenvalue weighted by Gasteiger charge is 2.37. The second-order valence-electron chi connectivity index (χ2n) is 7.29. The molecule has 1 saturated carbocycles. The molecule has 0 N–H and O–H groups in total. The van der Waals surface area contributed by atoms with Crippen molar-refractivity contribution >= 4 is 28.3 Å². The summed E-state index contributed by atoms with van der Waals surface area (Å²) in [6.45, 7) is 1.38. The molecule has 0 aromatic heterocycles. The van der Waals surface area contributed by atoms with Crippen LogP contribution in [0.5, 0.6) is 0 Å². The summed E-state index contributed by atoms with van der Waals surface area (Å²) < 4.78 is 0. The number of fused-ring (bicyclic) bond motifs is 1. The summed E-state index contributed by atoms with van der Waals surface area (Å²) in [4.78, 5) is 29.1. The van der Waals surface area contributed by atoms with Gasteiger partial charge in [0.15, 0.2) is 0 Å². The van der Waals surface area contributed by atoms with Crippen LogP contribution >= 0.6 is 0 Å². The Morgan fingerprint density at radius 3 is 2.56 bits per heavy atom. The molecule has 2 aliphatic rings. The third kappa shape index (κ3) is 3.13. The van der Waals surface area contributed by atoms with Gasteiger partial charge in [-0.15, -0.1) is 0 Å². The van der Waals surface area contributed by atoms with E-state index >= 15 is 0 Å². The molecule has 2 aromatic rings. The number of amides is 2. The number of nitrogens with zero attached hydrogens (tertiary/aromatic N) is 2. The van der Waals surface area contributed by atoms with Crippen molar-refractivity contribution in [2.45, 2.75) is 25.7 Å². The fourth-order valence-corrected chi connectivity index (χ4v) is 3.86. The van der Waals surface area contributed by atoms with Crippen LogP contribution in [0.1, 0.15) is 25.7 Å². The van der Waals surface area contributed by atoms with Crippen molar-refractivity contribution in [1.82, 2.24) is 4.90 Å². The maximum Gasteiger partial charge on any atom is 0.231 e. The van der Waals surface area contributed by atoms with E-state index in [0.29, 0.717) is 6.54 Å². The number of carbonyl (C=O) groups is 2. The molecule has 1 saturated heterocycles. The molecule has 1 atom stereocenters. The fourth-order valence-electron chi connectivity index (χ4n) is 3.86. The van der Waals surface area contributed by atoms with Crippen molar-refractivity contribution < 1.29 is 9.59 Å². The lowest BCUT2D eigenvalue weighted by Crippen LogP contribution is -2.46. The van der Waals surface area contributed by atoms with E-state index in [9.17, 15) is 9.59 Å². The first-order chi connectivity index (χ1) is 12.1. The number of piperidine rings is 1. The maximum atomic E-state index is 13.1. The Morgan fingerprint density at radius 1 is 1.00 bits per heavy atom. The van der Waals surface area contributed by atoms with Crippen LogP contribution in [0.15, 0.2) is 42.5 Å². The van der Waals surface area contributed by atoms with Crippen molar-refractivity contribution in [3.05, 3.63) is 42.5 Å². The molecule has 25 heavy (non-hydrogen) atoms. The molecule has 4 rings (SSSR count). The van der Waals surface area contributed by atoms with Crippen LogP contribution in [0.2, 0.25) is 0 Å². The first-order valence-electron chi connectivity index (χ1n) is 9.19. The van der Waals surface area contributed by atoms with Gasteiger partial charge in [-0.1, -0.05) is 36.4 Å². The van der Waals surface area contributed by atoms with Gasteiger partial charge in [-0.25, -0.2) is 0 Å². The molecular formula is C21H24N2O2. The van der Waals surface area contributed by atoms with Crippen molar-refractivity contribution in [3.8, 4) is 0 Å². The standard InChI is InChI=1S/C21H24N2O2/c1-22(19-10-4-7-15-6-2-3-9-18(15)19)20(24)17-8-5-13-23(14-17)21(25)16-11-12-16/h2-4,6-7,9-10,16-17H,5,8,11-14H2,1H3. The van der Waals surface area contributed by atoms with Gasteiger partial charge in [0.2, 0.25) is 11.8 Å². The van der Waals surface area contributed by atoms with Crippen LogP contribution < -0.4 is 4.90 Å². The van der Waals surface area contributed by atoms with Crippen LogP contribution in [-0.4, -0.2) is 36.9 Å². The smallest absolute Gasteiger partial charge is 0.231 e. The molecule has 0 bridgehead atoms. The third-order valence-electron chi connectivity index (χ3n) is 5.47. The average molecular weight is 336 g/mol. The predicted octanol–water partition coefficient (Wildman–Crippen LogP) is 3.45. The van der Waals surface area contributed by atoms with Gasteiger partial charge in [-0.2, -0.15) is 0 Å². The molecule has 4 nitrogen and oxygen atoms in total. The highest BCUT2D eigenvalue weighted by atomic mass is 16.2. The van der Waals surface area contributed by atoms with Crippen molar-refractivity contribution in [2.24, 2.45) is 11.8 Å². The van der Waals surface area contributed by atoms with Gasteiger partial charge in [0.05, 0.1) is 11.6 Å². The minimum Gasteiger partial charge on any atom is -0.342 e. The topological polar surface area (TPSA) is 40.6 Å². The predicted molar refractivity (Wildman–Crippen MR) is 99.4 cm³/mol. The highest BCUT2D eigenvalue weighted by molar-refractivity contribution is 6.04. The number of carbonyl (C=O) groups excluding carboxylic acids is 2. The van der Waals surface area contributed by atoms with Crippen LogP contribution in [0.3, 0.4) is 0 Å². The van der Waals surface area contributed by atoms with Crippen molar-refractivity contribution in [1.29, 1.82) is 0 Å². The summed E-state index contributed by atoms with van der Waals surface area (Å²) in [5.74, 6) is 0.500. The van der Waals surface area contributed by atoms with Crippen LogP contribution in [-0.2, 0) is 9.59 Å². The van der Waals surface area contributed by atoms with E-state index in [1.807, 2.05) is 36.2 Å². The SMILES string of the molecule is CN(C(=O)C1CCCN(C(=O)C2CC2)C1)c1cccc2ccccc12. The Balaban J connectivity index is 1.54. The fraction of sp³-hybridized carbons (Fsp3) is 0.429. The summed E-state index contributed by atoms with van der Waals surface area (Å²) in [6.07, 6.45) is 3.81. The Labute approximate surface area is 148 Å². The Morgan fingerprint density at radius 2 is 1.76 bits per heavy atom. The summed E-state index contributed by atoms with van der Waals surface area (Å²) in [5, 5.41) is 2.22. The molecule has 2 aromatic carbocycles. The van der Waals surface area contributed by atoms with E-state index in [4.69, 9.17) is 0 Å². The molecule has 2 amide bonds. The maximum absolute atomic E-state index is 13.1. The molecule has 1 aliphatic carbocycles. The highest BCUT2D eigenvalue weighted by Crippen LogP contribution is 2.33. The summed E-state index contributed by atoms with van der Waals surface area (Å²) in [7, 11) is 1.85. The zero-order chi connectivity index (χ0) is 17.4. The lowest BCUT2D eigenvalue weighted by molar-refractivity contribution is -0.136. The van der Waals surface area contributed by atoms with Crippen LogP contribution in [0.4, 0.5) is 5.69 Å². The van der Waals surface area contributed by atoms with E-state index in [2.05, 4.69) is 18.2 Å². The molecule has 130 valence electrons. The number of hydrogen-bond acceptors (Lipinski definition) is 2. The Hall–Kier alpha value is -2.36. The summed E-state index contributed by atoms with van der Waals surface area (Å²) in [5.41, 5.74) is 0.939. The van der Waals surface area contributed by atoms with E-state index in [1.165, 1.54) is 0 Å². The zero-order valence-corrected chi connectivity index (χ0v) is 14.6. The first-order valence-corrected chi connectivity index (χ1v) is 9.19. The van der Waals surface area contributed by atoms with Gasteiger partial charge in [0.25, 0.3) is 0 Å². The number of hydrogen-bond donors (Lipinski definition) is 0. The number of anilines is 1. The van der Waals surface area contributed by atoms with E-state index in [0.717, 1.165) is 48.7 Å². The minimum absolute atomic E-state index is 0.0968. The lowest BCUT2D eigenvalue weighted by atomic mass is 9.95. The monoisotopic (exact) mass is 336 g/mol. The average Bonchev–Trinajstić information content (AvgIpc) is 3.51. The third-order valence-corrected chi connectivity index (χ3v) is 5.47. The molecule has 4 heteroatoms. The van der Waals surface area contributed by atoms with Crippen LogP contribution in [0.25, 0.3) is 10.8 Å².